The number of nitrogens with one attached hydrogen (secondary N) is 2. The first-order valence-electron chi connectivity index (χ1n) is 4.84. The Kier molecular flexibility index (Phi) is 4.10. The second-order valence-corrected chi connectivity index (χ2v) is 3.12. The highest BCUT2D eigenvalue weighted by Gasteiger charge is 2.07. The molecule has 0 aliphatic heterocycles. The normalized spacial score (nSPS) is 9.00. The molecule has 82 valence electrons. The van der Waals surface area contributed by atoms with Crippen LogP contribution in [0.1, 0.15) is 15.9 Å². The lowest BCUT2D eigenvalue weighted by atomic mass is 10.1. The summed E-state index contributed by atoms with van der Waals surface area (Å²) < 4.78 is 0. The minimum atomic E-state index is -0.175. The van der Waals surface area contributed by atoms with Gasteiger partial charge in [-0.15, -0.1) is 6.58 Å². The van der Waals surface area contributed by atoms with Crippen LogP contribution in [0.3, 0.4) is 0 Å². The summed E-state index contributed by atoms with van der Waals surface area (Å²) in [5.41, 5.74) is 1.67. The number of amides is 1. The first-order valence-corrected chi connectivity index (χ1v) is 4.84. The predicted octanol–water partition coefficient (Wildman–Crippen LogP) is 1.52. The van der Waals surface area contributed by atoms with E-state index in [2.05, 4.69) is 23.3 Å². The second kappa shape index (κ2) is 5.56. The van der Waals surface area contributed by atoms with E-state index in [4.69, 9.17) is 5.26 Å². The van der Waals surface area contributed by atoms with E-state index >= 15 is 0 Å². The number of nitriles is 1. The van der Waals surface area contributed by atoms with Gasteiger partial charge in [0.1, 0.15) is 6.07 Å². The highest BCUT2D eigenvalue weighted by molar-refractivity contribution is 5.95. The van der Waals surface area contributed by atoms with Crippen LogP contribution in [0.4, 0.5) is 5.69 Å². The van der Waals surface area contributed by atoms with Gasteiger partial charge in [0.15, 0.2) is 0 Å². The molecule has 1 rings (SSSR count). The summed E-state index contributed by atoms with van der Waals surface area (Å²) in [6.45, 7) is 4.13. The molecular weight excluding hydrogens is 202 g/mol. The first-order chi connectivity index (χ1) is 7.72. The molecule has 0 aromatic heterocycles. The van der Waals surface area contributed by atoms with Gasteiger partial charge < -0.3 is 10.6 Å². The Balaban J connectivity index is 3.06. The monoisotopic (exact) mass is 215 g/mol. The minimum Gasteiger partial charge on any atom is -0.380 e. The fraction of sp³-hybridized carbons (Fsp3) is 0.167. The highest BCUT2D eigenvalue weighted by atomic mass is 16.1. The Morgan fingerprint density at radius 3 is 2.94 bits per heavy atom. The minimum absolute atomic E-state index is 0.175. The Hall–Kier alpha value is -2.28. The molecule has 0 saturated carbocycles. The molecule has 1 aromatic carbocycles. The molecule has 2 N–H and O–H groups in total. The SMILES string of the molecule is C=CCNc1cc(C(=O)NC)ccc1C#N. The number of hydrogen-bond acceptors (Lipinski definition) is 3. The fourth-order valence-corrected chi connectivity index (χ4v) is 1.26. The molecule has 0 aliphatic rings. The van der Waals surface area contributed by atoms with Gasteiger partial charge in [-0.3, -0.25) is 4.79 Å². The van der Waals surface area contributed by atoms with Crippen molar-refractivity contribution in [3.63, 3.8) is 0 Å². The van der Waals surface area contributed by atoms with Crippen molar-refractivity contribution in [1.82, 2.24) is 5.32 Å². The van der Waals surface area contributed by atoms with Gasteiger partial charge in [-0.05, 0) is 18.2 Å². The van der Waals surface area contributed by atoms with Crippen LogP contribution < -0.4 is 10.6 Å². The van der Waals surface area contributed by atoms with E-state index < -0.39 is 0 Å². The first kappa shape index (κ1) is 11.8. The second-order valence-electron chi connectivity index (χ2n) is 3.12. The average molecular weight is 215 g/mol. The predicted molar refractivity (Wildman–Crippen MR) is 63.2 cm³/mol. The van der Waals surface area contributed by atoms with Gasteiger partial charge in [0.2, 0.25) is 0 Å². The van der Waals surface area contributed by atoms with E-state index in [1.54, 1.807) is 31.3 Å². The van der Waals surface area contributed by atoms with Crippen molar-refractivity contribution in [2.24, 2.45) is 0 Å². The summed E-state index contributed by atoms with van der Waals surface area (Å²) in [4.78, 5) is 11.4. The van der Waals surface area contributed by atoms with Gasteiger partial charge >= 0.3 is 0 Å². The van der Waals surface area contributed by atoms with E-state index in [1.807, 2.05) is 0 Å². The van der Waals surface area contributed by atoms with Crippen molar-refractivity contribution in [2.45, 2.75) is 0 Å². The molecule has 0 fully saturated rings. The lowest BCUT2D eigenvalue weighted by Crippen LogP contribution is -2.18. The standard InChI is InChI=1S/C12H13N3O/c1-3-6-15-11-7-9(12(16)14-2)4-5-10(11)8-13/h3-5,7,15H,1,6H2,2H3,(H,14,16). The zero-order valence-corrected chi connectivity index (χ0v) is 9.08. The Labute approximate surface area is 94.6 Å². The summed E-state index contributed by atoms with van der Waals surface area (Å²) in [6.07, 6.45) is 1.69. The van der Waals surface area contributed by atoms with Gasteiger partial charge in [0.05, 0.1) is 11.3 Å². The summed E-state index contributed by atoms with van der Waals surface area (Å²) >= 11 is 0. The van der Waals surface area contributed by atoms with Crippen LogP contribution in [0.25, 0.3) is 0 Å². The molecule has 4 heteroatoms. The average Bonchev–Trinajstić information content (AvgIpc) is 2.34. The van der Waals surface area contributed by atoms with E-state index in [9.17, 15) is 4.79 Å². The third-order valence-corrected chi connectivity index (χ3v) is 2.07. The molecule has 0 unspecified atom stereocenters. The van der Waals surface area contributed by atoms with Gasteiger partial charge in [0, 0.05) is 19.2 Å². The number of benzene rings is 1. The van der Waals surface area contributed by atoms with Crippen LogP contribution in [-0.2, 0) is 0 Å². The van der Waals surface area contributed by atoms with Crippen LogP contribution in [0.5, 0.6) is 0 Å². The molecular formula is C12H13N3O. The van der Waals surface area contributed by atoms with Crippen LogP contribution in [0, 0.1) is 11.3 Å². The van der Waals surface area contributed by atoms with Crippen LogP contribution >= 0.6 is 0 Å². The number of hydrogen-bond donors (Lipinski definition) is 2. The quantitative estimate of drug-likeness (QED) is 0.748. The largest absolute Gasteiger partial charge is 0.380 e. The molecule has 0 saturated heterocycles. The van der Waals surface area contributed by atoms with Gasteiger partial charge in [-0.1, -0.05) is 6.08 Å². The zero-order chi connectivity index (χ0) is 12.0. The van der Waals surface area contributed by atoms with Crippen LogP contribution in [0.2, 0.25) is 0 Å². The maximum absolute atomic E-state index is 11.4. The molecule has 0 aliphatic carbocycles. The maximum Gasteiger partial charge on any atom is 0.251 e. The molecule has 0 bridgehead atoms. The molecule has 16 heavy (non-hydrogen) atoms. The fourth-order valence-electron chi connectivity index (χ4n) is 1.26. The Morgan fingerprint density at radius 1 is 1.62 bits per heavy atom. The summed E-state index contributed by atoms with van der Waals surface area (Å²) in [6, 6.07) is 6.96. The van der Waals surface area contributed by atoms with Crippen molar-refractivity contribution in [2.75, 3.05) is 18.9 Å². The molecule has 0 spiro atoms. The van der Waals surface area contributed by atoms with E-state index in [0.717, 1.165) is 0 Å². The maximum atomic E-state index is 11.4. The number of rotatable bonds is 4. The van der Waals surface area contributed by atoms with Crippen LogP contribution in [-0.4, -0.2) is 19.5 Å². The lowest BCUT2D eigenvalue weighted by molar-refractivity contribution is 0.0963. The van der Waals surface area contributed by atoms with Gasteiger partial charge in [-0.25, -0.2) is 0 Å². The van der Waals surface area contributed by atoms with E-state index in [0.29, 0.717) is 23.4 Å². The third kappa shape index (κ3) is 2.61. The van der Waals surface area contributed by atoms with Crippen molar-refractivity contribution in [3.05, 3.63) is 42.0 Å². The van der Waals surface area contributed by atoms with Gasteiger partial charge in [0.25, 0.3) is 5.91 Å². The smallest absolute Gasteiger partial charge is 0.251 e. The lowest BCUT2D eigenvalue weighted by Gasteiger charge is -2.07. The molecule has 1 aromatic rings. The molecule has 0 radical (unpaired) electrons. The molecule has 0 heterocycles. The summed E-state index contributed by atoms with van der Waals surface area (Å²) in [5, 5.41) is 14.4. The topological polar surface area (TPSA) is 64.9 Å². The third-order valence-electron chi connectivity index (χ3n) is 2.07. The van der Waals surface area contributed by atoms with Crippen molar-refractivity contribution >= 4 is 11.6 Å². The van der Waals surface area contributed by atoms with Crippen molar-refractivity contribution in [3.8, 4) is 6.07 Å². The number of nitrogens with zero attached hydrogens (tertiary/aromatic N) is 1. The number of anilines is 1. The van der Waals surface area contributed by atoms with Gasteiger partial charge in [-0.2, -0.15) is 5.26 Å². The van der Waals surface area contributed by atoms with Crippen molar-refractivity contribution < 1.29 is 4.79 Å². The molecule has 0 atom stereocenters. The van der Waals surface area contributed by atoms with E-state index in [1.165, 1.54) is 0 Å². The van der Waals surface area contributed by atoms with Crippen molar-refractivity contribution in [1.29, 1.82) is 5.26 Å². The Morgan fingerprint density at radius 2 is 2.38 bits per heavy atom. The molecule has 4 nitrogen and oxygen atoms in total. The van der Waals surface area contributed by atoms with E-state index in [-0.39, 0.29) is 5.91 Å². The van der Waals surface area contributed by atoms with Crippen LogP contribution in [0.15, 0.2) is 30.9 Å². The summed E-state index contributed by atoms with van der Waals surface area (Å²) in [7, 11) is 1.57. The number of carbonyl (C=O) groups is 1. The highest BCUT2D eigenvalue weighted by Crippen LogP contribution is 2.16. The number of carbonyl (C=O) groups excluding carboxylic acids is 1. The Bertz CT molecular complexity index is 446. The molecule has 1 amide bonds. The zero-order valence-electron chi connectivity index (χ0n) is 9.08. The summed E-state index contributed by atoms with van der Waals surface area (Å²) in [5.74, 6) is -0.175.